The second-order valence-corrected chi connectivity index (χ2v) is 5.91. The van der Waals surface area contributed by atoms with Crippen LogP contribution in [0.1, 0.15) is 25.7 Å². The molecule has 2 N–H and O–H groups in total. The van der Waals surface area contributed by atoms with Crippen LogP contribution in [0.25, 0.3) is 0 Å². The van der Waals surface area contributed by atoms with Gasteiger partial charge in [-0.15, -0.1) is 0 Å². The first-order chi connectivity index (χ1) is 10.3. The van der Waals surface area contributed by atoms with E-state index in [1.165, 1.54) is 12.8 Å². The fourth-order valence-corrected chi connectivity index (χ4v) is 3.08. The summed E-state index contributed by atoms with van der Waals surface area (Å²) >= 11 is 0. The highest BCUT2D eigenvalue weighted by molar-refractivity contribution is 5.76. The number of aliphatic hydroxyl groups excluding tert-OH is 1. The van der Waals surface area contributed by atoms with Gasteiger partial charge >= 0.3 is 0 Å². The molecule has 122 valence electrons. The van der Waals surface area contributed by atoms with E-state index in [2.05, 4.69) is 10.2 Å². The topological polar surface area (TPSA) is 65.0 Å². The van der Waals surface area contributed by atoms with E-state index >= 15 is 0 Å². The number of aliphatic hydroxyl groups is 1. The lowest BCUT2D eigenvalue weighted by molar-refractivity contribution is -0.135. The van der Waals surface area contributed by atoms with Crippen LogP contribution in [0.2, 0.25) is 0 Å². The second-order valence-electron chi connectivity index (χ2n) is 5.91. The first kappa shape index (κ1) is 16.7. The van der Waals surface area contributed by atoms with Gasteiger partial charge in [-0.05, 0) is 32.4 Å². The van der Waals surface area contributed by atoms with Gasteiger partial charge in [-0.3, -0.25) is 9.69 Å². The van der Waals surface area contributed by atoms with Crippen molar-refractivity contribution in [3.05, 3.63) is 0 Å². The third-order valence-electron chi connectivity index (χ3n) is 4.29. The Morgan fingerprint density at radius 3 is 2.81 bits per heavy atom. The number of nitrogens with one attached hydrogen (secondary N) is 1. The van der Waals surface area contributed by atoms with E-state index in [1.807, 2.05) is 4.90 Å². The highest BCUT2D eigenvalue weighted by Crippen LogP contribution is 2.08. The van der Waals surface area contributed by atoms with Crippen molar-refractivity contribution in [2.75, 3.05) is 59.1 Å². The van der Waals surface area contributed by atoms with Gasteiger partial charge in [0.05, 0.1) is 19.8 Å². The zero-order chi connectivity index (χ0) is 14.9. The molecule has 0 bridgehead atoms. The van der Waals surface area contributed by atoms with Gasteiger partial charge in [0.1, 0.15) is 0 Å². The summed E-state index contributed by atoms with van der Waals surface area (Å²) in [5, 5.41) is 12.7. The smallest absolute Gasteiger partial charge is 0.222 e. The van der Waals surface area contributed by atoms with Gasteiger partial charge in [-0.25, -0.2) is 0 Å². The quantitative estimate of drug-likeness (QED) is 0.643. The van der Waals surface area contributed by atoms with Gasteiger partial charge in [0.25, 0.3) is 0 Å². The molecule has 0 aromatic carbocycles. The van der Waals surface area contributed by atoms with Crippen molar-refractivity contribution in [3.8, 4) is 0 Å². The van der Waals surface area contributed by atoms with Crippen LogP contribution >= 0.6 is 0 Å². The Balaban J connectivity index is 1.64. The molecule has 2 rings (SSSR count). The number of hydrogen-bond donors (Lipinski definition) is 2. The number of morpholine rings is 1. The van der Waals surface area contributed by atoms with E-state index in [1.54, 1.807) is 0 Å². The summed E-state index contributed by atoms with van der Waals surface area (Å²) in [5.74, 6) is 0.237. The van der Waals surface area contributed by atoms with Crippen molar-refractivity contribution in [1.29, 1.82) is 0 Å². The molecule has 21 heavy (non-hydrogen) atoms. The Kier molecular flexibility index (Phi) is 7.43. The maximum Gasteiger partial charge on any atom is 0.222 e. The van der Waals surface area contributed by atoms with E-state index in [4.69, 9.17) is 4.74 Å². The van der Waals surface area contributed by atoms with Crippen LogP contribution in [0.3, 0.4) is 0 Å². The second kappa shape index (κ2) is 9.35. The maximum atomic E-state index is 12.1. The van der Waals surface area contributed by atoms with Crippen LogP contribution in [-0.2, 0) is 9.53 Å². The molecule has 2 saturated heterocycles. The third kappa shape index (κ3) is 5.90. The first-order valence-electron chi connectivity index (χ1n) is 8.21. The number of amides is 1. The fraction of sp³-hybridized carbons (Fsp3) is 0.933. The predicted molar refractivity (Wildman–Crippen MR) is 81.2 cm³/mol. The van der Waals surface area contributed by atoms with E-state index < -0.39 is 0 Å². The summed E-state index contributed by atoms with van der Waals surface area (Å²) in [6.07, 6.45) is 3.92. The van der Waals surface area contributed by atoms with Gasteiger partial charge in [0.15, 0.2) is 0 Å². The molecule has 1 amide bonds. The average Bonchev–Trinajstić information content (AvgIpc) is 3.01. The molecule has 0 aliphatic carbocycles. The molecule has 0 aromatic rings. The minimum Gasteiger partial charge on any atom is -0.395 e. The predicted octanol–water partition coefficient (Wildman–Crippen LogP) is -0.328. The molecule has 2 heterocycles. The van der Waals surface area contributed by atoms with Crippen molar-refractivity contribution >= 4 is 5.91 Å². The van der Waals surface area contributed by atoms with Crippen LogP contribution in [-0.4, -0.2) is 85.9 Å². The van der Waals surface area contributed by atoms with Crippen molar-refractivity contribution < 1.29 is 14.6 Å². The van der Waals surface area contributed by atoms with Gasteiger partial charge in [0.2, 0.25) is 5.91 Å². The molecule has 6 heteroatoms. The molecule has 1 unspecified atom stereocenters. The van der Waals surface area contributed by atoms with Crippen molar-refractivity contribution in [1.82, 2.24) is 15.1 Å². The summed E-state index contributed by atoms with van der Waals surface area (Å²) in [7, 11) is 0. The lowest BCUT2D eigenvalue weighted by Gasteiger charge is -2.28. The lowest BCUT2D eigenvalue weighted by atomic mass is 10.2. The average molecular weight is 299 g/mol. The number of ether oxygens (including phenoxy) is 1. The normalized spacial score (nSPS) is 23.0. The third-order valence-corrected chi connectivity index (χ3v) is 4.29. The van der Waals surface area contributed by atoms with Crippen molar-refractivity contribution in [3.63, 3.8) is 0 Å². The van der Waals surface area contributed by atoms with E-state index in [9.17, 15) is 9.90 Å². The Morgan fingerprint density at radius 1 is 1.33 bits per heavy atom. The summed E-state index contributed by atoms with van der Waals surface area (Å²) in [6.45, 7) is 6.63. The minimum atomic E-state index is 0.185. The molecular formula is C15H29N3O3. The molecule has 0 aromatic heterocycles. The van der Waals surface area contributed by atoms with Crippen molar-refractivity contribution in [2.24, 2.45) is 0 Å². The minimum absolute atomic E-state index is 0.185. The molecule has 2 fully saturated rings. The molecule has 2 aliphatic rings. The monoisotopic (exact) mass is 299 g/mol. The summed E-state index contributed by atoms with van der Waals surface area (Å²) in [5.41, 5.74) is 0. The zero-order valence-corrected chi connectivity index (χ0v) is 12.9. The maximum absolute atomic E-state index is 12.1. The van der Waals surface area contributed by atoms with Gasteiger partial charge < -0.3 is 20.1 Å². The number of hydrogen-bond acceptors (Lipinski definition) is 5. The summed E-state index contributed by atoms with van der Waals surface area (Å²) in [4.78, 5) is 16.2. The highest BCUT2D eigenvalue weighted by Gasteiger charge is 2.19. The molecule has 0 radical (unpaired) electrons. The van der Waals surface area contributed by atoms with Gasteiger partial charge in [-0.2, -0.15) is 0 Å². The molecule has 6 nitrogen and oxygen atoms in total. The van der Waals surface area contributed by atoms with Crippen molar-refractivity contribution in [2.45, 2.75) is 31.7 Å². The highest BCUT2D eigenvalue weighted by atomic mass is 16.5. The van der Waals surface area contributed by atoms with Crippen LogP contribution in [0.15, 0.2) is 0 Å². The fourth-order valence-electron chi connectivity index (χ4n) is 3.08. The Bertz CT molecular complexity index is 303. The zero-order valence-electron chi connectivity index (χ0n) is 12.9. The Labute approximate surface area is 127 Å². The standard InChI is InChI=1S/C15H29N3O3/c19-10-7-17(13-14-3-1-5-16-14)6-2-4-15(20)18-8-11-21-12-9-18/h14,16,19H,1-13H2. The number of carbonyl (C=O) groups is 1. The Hall–Kier alpha value is -0.690. The van der Waals surface area contributed by atoms with E-state index in [0.717, 1.165) is 39.1 Å². The van der Waals surface area contributed by atoms with E-state index in [-0.39, 0.29) is 12.5 Å². The number of carbonyl (C=O) groups excluding carboxylic acids is 1. The number of nitrogens with zero attached hydrogens (tertiary/aromatic N) is 2. The van der Waals surface area contributed by atoms with Crippen LogP contribution in [0.4, 0.5) is 0 Å². The van der Waals surface area contributed by atoms with E-state index in [0.29, 0.717) is 32.2 Å². The summed E-state index contributed by atoms with van der Waals surface area (Å²) < 4.78 is 5.26. The van der Waals surface area contributed by atoms with Crippen LogP contribution in [0.5, 0.6) is 0 Å². The van der Waals surface area contributed by atoms with Crippen LogP contribution in [0, 0.1) is 0 Å². The van der Waals surface area contributed by atoms with Crippen LogP contribution < -0.4 is 5.32 Å². The van der Waals surface area contributed by atoms with Gasteiger partial charge in [-0.1, -0.05) is 0 Å². The molecule has 1 atom stereocenters. The molecule has 0 spiro atoms. The SMILES string of the molecule is O=C(CCCN(CCO)CC1CCCN1)N1CCOCC1. The first-order valence-corrected chi connectivity index (χ1v) is 8.21. The lowest BCUT2D eigenvalue weighted by Crippen LogP contribution is -2.42. The Morgan fingerprint density at radius 2 is 2.14 bits per heavy atom. The molecule has 2 aliphatic heterocycles. The van der Waals surface area contributed by atoms with Gasteiger partial charge in [0, 0.05) is 38.6 Å². The number of rotatable bonds is 8. The largest absolute Gasteiger partial charge is 0.395 e. The molecule has 0 saturated carbocycles. The molecular weight excluding hydrogens is 270 g/mol. The summed E-state index contributed by atoms with van der Waals surface area (Å²) in [6, 6.07) is 0.548.